The van der Waals surface area contributed by atoms with Gasteiger partial charge in [-0.2, -0.15) is 0 Å². The molecule has 0 aliphatic heterocycles. The summed E-state index contributed by atoms with van der Waals surface area (Å²) in [6.45, 7) is 4.56. The standard InChI is InChI=1S/C29H24O5/c1-3-4-15-32-21-12-8-11-20(17-21)27(31)29-25(19-9-6-5-7-10-19)26-23(33-29)14-13-22-18(2)16-24(30)34-28(22)26/h5-14,16-17H,3-4,15H2,1-2H3. The largest absolute Gasteiger partial charge is 0.494 e. The molecule has 3 aromatic carbocycles. The molecule has 5 rings (SSSR count). The van der Waals surface area contributed by atoms with Crippen LogP contribution in [0.25, 0.3) is 33.1 Å². The molecule has 0 fully saturated rings. The molecule has 0 radical (unpaired) electrons. The topological polar surface area (TPSA) is 69.7 Å². The van der Waals surface area contributed by atoms with Crippen molar-refractivity contribution < 1.29 is 18.4 Å². The number of hydrogen-bond donors (Lipinski definition) is 0. The SMILES string of the molecule is CCCCOc1cccc(C(=O)c2oc3ccc4c(C)cc(=O)oc4c3c2-c2ccccc2)c1. The number of ketones is 1. The fraction of sp³-hybridized carbons (Fsp3) is 0.172. The van der Waals surface area contributed by atoms with Crippen molar-refractivity contribution in [2.75, 3.05) is 6.61 Å². The van der Waals surface area contributed by atoms with Crippen LogP contribution in [0.4, 0.5) is 0 Å². The molecule has 0 N–H and O–H groups in total. The normalized spacial score (nSPS) is 11.2. The number of carbonyl (C=O) groups is 1. The van der Waals surface area contributed by atoms with E-state index in [2.05, 4.69) is 6.92 Å². The van der Waals surface area contributed by atoms with E-state index in [1.807, 2.05) is 55.5 Å². The third kappa shape index (κ3) is 3.90. The number of benzene rings is 3. The predicted molar refractivity (Wildman–Crippen MR) is 133 cm³/mol. The van der Waals surface area contributed by atoms with Crippen LogP contribution in [0.1, 0.15) is 41.4 Å². The zero-order valence-corrected chi connectivity index (χ0v) is 19.1. The van der Waals surface area contributed by atoms with Gasteiger partial charge in [0.1, 0.15) is 16.9 Å². The fourth-order valence-corrected chi connectivity index (χ4v) is 4.19. The van der Waals surface area contributed by atoms with E-state index in [-0.39, 0.29) is 11.5 Å². The predicted octanol–water partition coefficient (Wildman–Crippen LogP) is 6.92. The number of carbonyl (C=O) groups excluding carboxylic acids is 1. The lowest BCUT2D eigenvalue weighted by Gasteiger charge is -2.08. The maximum Gasteiger partial charge on any atom is 0.336 e. The Morgan fingerprint density at radius 1 is 0.941 bits per heavy atom. The summed E-state index contributed by atoms with van der Waals surface area (Å²) in [6, 6.07) is 21.8. The van der Waals surface area contributed by atoms with Crippen LogP contribution in [0.2, 0.25) is 0 Å². The van der Waals surface area contributed by atoms with Crippen LogP contribution in [-0.2, 0) is 0 Å². The molecule has 5 aromatic rings. The Morgan fingerprint density at radius 2 is 1.76 bits per heavy atom. The van der Waals surface area contributed by atoms with Gasteiger partial charge in [0.15, 0.2) is 5.76 Å². The summed E-state index contributed by atoms with van der Waals surface area (Å²) in [5.74, 6) is 0.575. The summed E-state index contributed by atoms with van der Waals surface area (Å²) in [6.07, 6.45) is 1.97. The molecular weight excluding hydrogens is 428 g/mol. The maximum atomic E-state index is 13.7. The van der Waals surface area contributed by atoms with Crippen molar-refractivity contribution in [3.63, 3.8) is 0 Å². The number of furan rings is 1. The van der Waals surface area contributed by atoms with Crippen molar-refractivity contribution in [3.8, 4) is 16.9 Å². The van der Waals surface area contributed by atoms with Crippen LogP contribution >= 0.6 is 0 Å². The molecule has 0 spiro atoms. The maximum absolute atomic E-state index is 13.7. The zero-order chi connectivity index (χ0) is 23.7. The lowest BCUT2D eigenvalue weighted by Crippen LogP contribution is -2.03. The fourth-order valence-electron chi connectivity index (χ4n) is 4.19. The minimum absolute atomic E-state index is 0.198. The first kappa shape index (κ1) is 21.7. The van der Waals surface area contributed by atoms with Gasteiger partial charge in [0.2, 0.25) is 5.78 Å². The highest BCUT2D eigenvalue weighted by Gasteiger charge is 2.26. The molecule has 0 aliphatic carbocycles. The Morgan fingerprint density at radius 3 is 2.56 bits per heavy atom. The molecule has 0 saturated carbocycles. The van der Waals surface area contributed by atoms with Gasteiger partial charge in [0.05, 0.1) is 12.0 Å². The van der Waals surface area contributed by atoms with Crippen molar-refractivity contribution in [1.29, 1.82) is 0 Å². The van der Waals surface area contributed by atoms with E-state index in [4.69, 9.17) is 13.6 Å². The smallest absolute Gasteiger partial charge is 0.336 e. The molecule has 170 valence electrons. The summed E-state index contributed by atoms with van der Waals surface area (Å²) in [7, 11) is 0. The highest BCUT2D eigenvalue weighted by Crippen LogP contribution is 2.40. The number of hydrogen-bond acceptors (Lipinski definition) is 5. The molecule has 5 nitrogen and oxygen atoms in total. The third-order valence-electron chi connectivity index (χ3n) is 5.90. The van der Waals surface area contributed by atoms with Gasteiger partial charge in [-0.1, -0.05) is 55.8 Å². The molecule has 0 bridgehead atoms. The first-order chi connectivity index (χ1) is 16.6. The second-order valence-corrected chi connectivity index (χ2v) is 8.30. The third-order valence-corrected chi connectivity index (χ3v) is 5.90. The van der Waals surface area contributed by atoms with Crippen LogP contribution in [0, 0.1) is 6.92 Å². The Bertz CT molecular complexity index is 1560. The summed E-state index contributed by atoms with van der Waals surface area (Å²) in [4.78, 5) is 25.9. The monoisotopic (exact) mass is 452 g/mol. The van der Waals surface area contributed by atoms with E-state index in [9.17, 15) is 9.59 Å². The lowest BCUT2D eigenvalue weighted by molar-refractivity contribution is 0.101. The van der Waals surface area contributed by atoms with Gasteiger partial charge >= 0.3 is 5.63 Å². The molecule has 2 aromatic heterocycles. The highest BCUT2D eigenvalue weighted by atomic mass is 16.5. The minimum Gasteiger partial charge on any atom is -0.494 e. The zero-order valence-electron chi connectivity index (χ0n) is 19.1. The molecule has 0 aliphatic rings. The van der Waals surface area contributed by atoms with Crippen molar-refractivity contribution in [1.82, 2.24) is 0 Å². The summed E-state index contributed by atoms with van der Waals surface area (Å²) in [5, 5.41) is 1.42. The first-order valence-corrected chi connectivity index (χ1v) is 11.4. The Kier molecular flexibility index (Phi) is 5.76. The molecule has 5 heteroatoms. The number of ether oxygens (including phenoxy) is 1. The number of aryl methyl sites for hydroxylation is 1. The summed E-state index contributed by atoms with van der Waals surface area (Å²) in [5.41, 5.74) is 3.14. The van der Waals surface area contributed by atoms with Crippen LogP contribution in [0.5, 0.6) is 5.75 Å². The Labute approximate surface area is 196 Å². The van der Waals surface area contributed by atoms with Crippen molar-refractivity contribution >= 4 is 27.7 Å². The van der Waals surface area contributed by atoms with Gasteiger partial charge < -0.3 is 13.6 Å². The van der Waals surface area contributed by atoms with E-state index >= 15 is 0 Å². The highest BCUT2D eigenvalue weighted by molar-refractivity contribution is 6.20. The Hall–Kier alpha value is -4.12. The van der Waals surface area contributed by atoms with Gasteiger partial charge in [-0.15, -0.1) is 0 Å². The molecule has 0 unspecified atom stereocenters. The number of unbranched alkanes of at least 4 members (excludes halogenated alkanes) is 1. The summed E-state index contributed by atoms with van der Waals surface area (Å²) < 4.78 is 17.6. The number of fused-ring (bicyclic) bond motifs is 3. The quantitative estimate of drug-likeness (QED) is 0.152. The first-order valence-electron chi connectivity index (χ1n) is 11.4. The van der Waals surface area contributed by atoms with Gasteiger partial charge in [-0.3, -0.25) is 4.79 Å². The number of rotatable bonds is 7. The summed E-state index contributed by atoms with van der Waals surface area (Å²) >= 11 is 0. The minimum atomic E-state index is -0.442. The van der Waals surface area contributed by atoms with E-state index < -0.39 is 5.63 Å². The van der Waals surface area contributed by atoms with Crippen LogP contribution in [0.3, 0.4) is 0 Å². The van der Waals surface area contributed by atoms with Gasteiger partial charge in [0.25, 0.3) is 0 Å². The Balaban J connectivity index is 1.73. The average Bonchev–Trinajstić information content (AvgIpc) is 3.24. The van der Waals surface area contributed by atoms with Crippen molar-refractivity contribution in [2.45, 2.75) is 26.7 Å². The van der Waals surface area contributed by atoms with E-state index in [0.29, 0.717) is 40.0 Å². The molecule has 0 amide bonds. The van der Waals surface area contributed by atoms with E-state index in [1.165, 1.54) is 6.07 Å². The second-order valence-electron chi connectivity index (χ2n) is 8.30. The second kappa shape index (κ2) is 9.02. The van der Waals surface area contributed by atoms with Gasteiger partial charge in [-0.05, 0) is 48.7 Å². The molecule has 34 heavy (non-hydrogen) atoms. The molecular formula is C29H24O5. The van der Waals surface area contributed by atoms with Crippen LogP contribution < -0.4 is 10.4 Å². The molecule has 0 atom stereocenters. The lowest BCUT2D eigenvalue weighted by atomic mass is 9.96. The van der Waals surface area contributed by atoms with Crippen LogP contribution in [0.15, 0.2) is 86.4 Å². The average molecular weight is 453 g/mol. The van der Waals surface area contributed by atoms with E-state index in [0.717, 1.165) is 29.4 Å². The van der Waals surface area contributed by atoms with Crippen LogP contribution in [-0.4, -0.2) is 12.4 Å². The molecule has 2 heterocycles. The van der Waals surface area contributed by atoms with Crippen molar-refractivity contribution in [3.05, 3.63) is 100 Å². The van der Waals surface area contributed by atoms with Gasteiger partial charge in [-0.25, -0.2) is 4.79 Å². The van der Waals surface area contributed by atoms with Gasteiger partial charge in [0, 0.05) is 22.6 Å². The van der Waals surface area contributed by atoms with E-state index in [1.54, 1.807) is 18.2 Å². The van der Waals surface area contributed by atoms with Crippen molar-refractivity contribution in [2.24, 2.45) is 0 Å². The molecule has 0 saturated heterocycles.